The van der Waals surface area contributed by atoms with Gasteiger partial charge in [0.2, 0.25) is 0 Å². The molecule has 2 aromatic heterocycles. The van der Waals surface area contributed by atoms with Crippen LogP contribution in [0.5, 0.6) is 0 Å². The second-order valence-electron chi connectivity index (χ2n) is 7.03. The molecule has 4 aromatic rings. The molecule has 0 N–H and O–H groups in total. The molecule has 0 aliphatic heterocycles. The first-order chi connectivity index (χ1) is 13.6. The van der Waals surface area contributed by atoms with Crippen LogP contribution < -0.4 is 11.2 Å². The van der Waals surface area contributed by atoms with Crippen molar-refractivity contribution in [3.05, 3.63) is 92.3 Å². The van der Waals surface area contributed by atoms with E-state index < -0.39 is 0 Å². The molecule has 0 saturated heterocycles. The number of hydrogen-bond donors (Lipinski definition) is 0. The predicted octanol–water partition coefficient (Wildman–Crippen LogP) is 3.39. The molecule has 2 aromatic carbocycles. The summed E-state index contributed by atoms with van der Waals surface area (Å²) in [6, 6.07) is 16.8. The van der Waals surface area contributed by atoms with Crippen molar-refractivity contribution >= 4 is 22.8 Å². The summed E-state index contributed by atoms with van der Waals surface area (Å²) in [5, 5.41) is 0.519. The minimum atomic E-state index is -0.368. The lowest BCUT2D eigenvalue weighted by Crippen LogP contribution is -2.39. The number of nitrogens with zero attached hydrogens (tertiary/aromatic N) is 4. The number of benzene rings is 2. The Morgan fingerprint density at radius 1 is 1.04 bits per heavy atom. The van der Waals surface area contributed by atoms with Gasteiger partial charge < -0.3 is 4.57 Å². The molecule has 1 saturated carbocycles. The van der Waals surface area contributed by atoms with Gasteiger partial charge >= 0.3 is 5.69 Å². The Bertz CT molecular complexity index is 1300. The first-order valence-corrected chi connectivity index (χ1v) is 9.53. The summed E-state index contributed by atoms with van der Waals surface area (Å²) in [5.41, 5.74) is 1.78. The summed E-state index contributed by atoms with van der Waals surface area (Å²) in [4.78, 5) is 30.8. The smallest absolute Gasteiger partial charge is 0.320 e. The molecular weight excluding hydrogens is 376 g/mol. The highest BCUT2D eigenvalue weighted by Gasteiger charge is 2.30. The van der Waals surface area contributed by atoms with E-state index in [-0.39, 0.29) is 17.3 Å². The van der Waals surface area contributed by atoms with E-state index in [1.165, 1.54) is 9.13 Å². The molecule has 0 bridgehead atoms. The van der Waals surface area contributed by atoms with E-state index in [1.54, 1.807) is 30.6 Å². The molecule has 0 spiro atoms. The molecule has 5 rings (SSSR count). The third-order valence-electron chi connectivity index (χ3n) is 5.02. The summed E-state index contributed by atoms with van der Waals surface area (Å²) in [5.74, 6) is 0. The van der Waals surface area contributed by atoms with Crippen LogP contribution in [0.1, 0.15) is 24.4 Å². The van der Waals surface area contributed by atoms with Gasteiger partial charge in [0.15, 0.2) is 11.2 Å². The summed E-state index contributed by atoms with van der Waals surface area (Å²) >= 11 is 6.15. The Kier molecular flexibility index (Phi) is 3.94. The molecule has 0 unspecified atom stereocenters. The van der Waals surface area contributed by atoms with Crippen molar-refractivity contribution in [3.63, 3.8) is 0 Å². The average Bonchev–Trinajstić information content (AvgIpc) is 3.43. The van der Waals surface area contributed by atoms with Gasteiger partial charge in [0, 0.05) is 17.6 Å². The van der Waals surface area contributed by atoms with Crippen molar-refractivity contribution in [2.45, 2.75) is 25.4 Å². The number of imidazole rings is 1. The molecule has 0 amide bonds. The quantitative estimate of drug-likeness (QED) is 0.535. The zero-order valence-electron chi connectivity index (χ0n) is 15.0. The molecule has 6 nitrogen and oxygen atoms in total. The van der Waals surface area contributed by atoms with Gasteiger partial charge in [-0.05, 0) is 36.6 Å². The summed E-state index contributed by atoms with van der Waals surface area (Å²) in [6.45, 7) is 0.505. The molecule has 28 heavy (non-hydrogen) atoms. The van der Waals surface area contributed by atoms with Crippen molar-refractivity contribution in [1.82, 2.24) is 18.7 Å². The molecule has 2 heterocycles. The highest BCUT2D eigenvalue weighted by Crippen LogP contribution is 2.32. The van der Waals surface area contributed by atoms with Crippen molar-refractivity contribution in [2.24, 2.45) is 0 Å². The van der Waals surface area contributed by atoms with Gasteiger partial charge in [0.05, 0.1) is 12.0 Å². The lowest BCUT2D eigenvalue weighted by molar-refractivity contribution is 0.639. The van der Waals surface area contributed by atoms with Crippen molar-refractivity contribution in [3.8, 4) is 5.69 Å². The van der Waals surface area contributed by atoms with Gasteiger partial charge in [-0.25, -0.2) is 14.3 Å². The molecule has 0 atom stereocenters. The Balaban J connectivity index is 1.80. The Morgan fingerprint density at radius 2 is 1.82 bits per heavy atom. The van der Waals surface area contributed by atoms with E-state index >= 15 is 0 Å². The SMILES string of the molecule is O=c1c2c(ncn2Cc2ccccc2)n(-c2cccc(Cl)c2)c(=O)n1C1CC1. The fourth-order valence-corrected chi connectivity index (χ4v) is 3.74. The van der Waals surface area contributed by atoms with Crippen LogP contribution in [0.3, 0.4) is 0 Å². The van der Waals surface area contributed by atoms with Crippen molar-refractivity contribution in [2.75, 3.05) is 0 Å². The fraction of sp³-hybridized carbons (Fsp3) is 0.190. The van der Waals surface area contributed by atoms with E-state index in [2.05, 4.69) is 4.98 Å². The minimum absolute atomic E-state index is 0.0464. The van der Waals surface area contributed by atoms with E-state index in [4.69, 9.17) is 11.6 Å². The van der Waals surface area contributed by atoms with Gasteiger partial charge in [-0.15, -0.1) is 0 Å². The third-order valence-corrected chi connectivity index (χ3v) is 5.26. The first-order valence-electron chi connectivity index (χ1n) is 9.16. The van der Waals surface area contributed by atoms with Crippen LogP contribution in [-0.2, 0) is 6.54 Å². The first kappa shape index (κ1) is 17.0. The Labute approximate surface area is 165 Å². The second-order valence-corrected chi connectivity index (χ2v) is 7.47. The number of halogens is 1. The number of rotatable bonds is 4. The van der Waals surface area contributed by atoms with Crippen LogP contribution in [-0.4, -0.2) is 18.7 Å². The van der Waals surface area contributed by atoms with Gasteiger partial charge in [0.25, 0.3) is 5.56 Å². The lowest BCUT2D eigenvalue weighted by atomic mass is 10.2. The highest BCUT2D eigenvalue weighted by molar-refractivity contribution is 6.30. The maximum absolute atomic E-state index is 13.2. The number of aromatic nitrogens is 4. The Morgan fingerprint density at radius 3 is 2.54 bits per heavy atom. The van der Waals surface area contributed by atoms with Crippen LogP contribution in [0.15, 0.2) is 70.5 Å². The maximum atomic E-state index is 13.2. The normalized spacial score (nSPS) is 13.9. The van der Waals surface area contributed by atoms with E-state index in [1.807, 2.05) is 34.9 Å². The standard InChI is InChI=1S/C21H17ClN4O2/c22-15-7-4-8-17(11-15)25-19-18(20(27)26(21(25)28)16-9-10-16)24(13-23-19)12-14-5-2-1-3-6-14/h1-8,11,13,16H,9-10,12H2. The van der Waals surface area contributed by atoms with Crippen LogP contribution in [0, 0.1) is 0 Å². The maximum Gasteiger partial charge on any atom is 0.337 e. The van der Waals surface area contributed by atoms with Gasteiger partial charge in [-0.1, -0.05) is 48.0 Å². The molecule has 140 valence electrons. The van der Waals surface area contributed by atoms with E-state index in [0.717, 1.165) is 18.4 Å². The second kappa shape index (κ2) is 6.49. The summed E-state index contributed by atoms with van der Waals surface area (Å²) < 4.78 is 4.67. The molecule has 1 fully saturated rings. The van der Waals surface area contributed by atoms with Crippen LogP contribution >= 0.6 is 11.6 Å². The molecular formula is C21H17ClN4O2. The molecule has 0 radical (unpaired) electrons. The number of hydrogen-bond acceptors (Lipinski definition) is 3. The van der Waals surface area contributed by atoms with Crippen LogP contribution in [0.25, 0.3) is 16.9 Å². The van der Waals surface area contributed by atoms with Crippen molar-refractivity contribution in [1.29, 1.82) is 0 Å². The van der Waals surface area contributed by atoms with Gasteiger partial charge in [0.1, 0.15) is 0 Å². The monoisotopic (exact) mass is 392 g/mol. The molecule has 1 aliphatic carbocycles. The van der Waals surface area contributed by atoms with E-state index in [0.29, 0.717) is 28.4 Å². The molecule has 7 heteroatoms. The Hall–Kier alpha value is -3.12. The van der Waals surface area contributed by atoms with Crippen molar-refractivity contribution < 1.29 is 0 Å². The lowest BCUT2D eigenvalue weighted by Gasteiger charge is -2.12. The highest BCUT2D eigenvalue weighted by atomic mass is 35.5. The topological polar surface area (TPSA) is 61.8 Å². The van der Waals surface area contributed by atoms with Gasteiger partial charge in [-0.2, -0.15) is 0 Å². The minimum Gasteiger partial charge on any atom is -0.320 e. The van der Waals surface area contributed by atoms with E-state index in [9.17, 15) is 9.59 Å². The third kappa shape index (κ3) is 2.77. The fourth-order valence-electron chi connectivity index (χ4n) is 3.56. The van der Waals surface area contributed by atoms with Gasteiger partial charge in [-0.3, -0.25) is 9.36 Å². The predicted molar refractivity (Wildman–Crippen MR) is 108 cm³/mol. The van der Waals surface area contributed by atoms with Crippen LogP contribution in [0.2, 0.25) is 5.02 Å². The average molecular weight is 393 g/mol. The summed E-state index contributed by atoms with van der Waals surface area (Å²) in [6.07, 6.45) is 3.29. The summed E-state index contributed by atoms with van der Waals surface area (Å²) in [7, 11) is 0. The van der Waals surface area contributed by atoms with Crippen LogP contribution in [0.4, 0.5) is 0 Å². The largest absolute Gasteiger partial charge is 0.337 e. The zero-order chi connectivity index (χ0) is 19.3. The zero-order valence-corrected chi connectivity index (χ0v) is 15.7. The number of fused-ring (bicyclic) bond motifs is 1. The molecule has 1 aliphatic rings.